The van der Waals surface area contributed by atoms with Gasteiger partial charge in [0.15, 0.2) is 0 Å². The summed E-state index contributed by atoms with van der Waals surface area (Å²) in [5, 5.41) is 3.01. The number of pyridine rings is 1. The van der Waals surface area contributed by atoms with Crippen LogP contribution in [0.5, 0.6) is 0 Å². The summed E-state index contributed by atoms with van der Waals surface area (Å²) in [6.45, 7) is 3.88. The molecule has 1 saturated carbocycles. The van der Waals surface area contributed by atoms with Gasteiger partial charge in [-0.25, -0.2) is 4.98 Å². The van der Waals surface area contributed by atoms with Gasteiger partial charge in [0.2, 0.25) is 5.91 Å². The molecule has 1 aliphatic carbocycles. The maximum Gasteiger partial charge on any atom is 0.220 e. The third-order valence-corrected chi connectivity index (χ3v) is 4.89. The van der Waals surface area contributed by atoms with Gasteiger partial charge < -0.3 is 15.0 Å². The van der Waals surface area contributed by atoms with Crippen molar-refractivity contribution < 1.29 is 9.53 Å². The first-order chi connectivity index (χ1) is 11.3. The number of aromatic nitrogens is 1. The summed E-state index contributed by atoms with van der Waals surface area (Å²) in [6.07, 6.45) is 8.85. The van der Waals surface area contributed by atoms with E-state index in [4.69, 9.17) is 4.74 Å². The SMILES string of the molecule is O=C(CCC1CCCC1)NCc1ccc(N2CCOCC2)nc1. The molecule has 0 radical (unpaired) electrons. The molecule has 23 heavy (non-hydrogen) atoms. The predicted octanol–water partition coefficient (Wildman–Crippen LogP) is 2.50. The largest absolute Gasteiger partial charge is 0.378 e. The Kier molecular flexibility index (Phi) is 5.86. The lowest BCUT2D eigenvalue weighted by atomic mass is 10.0. The second-order valence-corrected chi connectivity index (χ2v) is 6.59. The Morgan fingerprint density at radius 1 is 1.26 bits per heavy atom. The number of hydrogen-bond donors (Lipinski definition) is 1. The van der Waals surface area contributed by atoms with Crippen LogP contribution >= 0.6 is 0 Å². The van der Waals surface area contributed by atoms with E-state index >= 15 is 0 Å². The molecule has 1 amide bonds. The molecule has 5 heteroatoms. The van der Waals surface area contributed by atoms with Crippen molar-refractivity contribution in [3.63, 3.8) is 0 Å². The monoisotopic (exact) mass is 317 g/mol. The summed E-state index contributed by atoms with van der Waals surface area (Å²) in [6, 6.07) is 4.08. The molecule has 2 fully saturated rings. The second-order valence-electron chi connectivity index (χ2n) is 6.59. The lowest BCUT2D eigenvalue weighted by molar-refractivity contribution is -0.121. The Labute approximate surface area is 138 Å². The Balaban J connectivity index is 1.40. The molecule has 0 bridgehead atoms. The van der Waals surface area contributed by atoms with E-state index in [0.717, 1.165) is 50.0 Å². The van der Waals surface area contributed by atoms with Gasteiger partial charge in [-0.05, 0) is 24.0 Å². The minimum atomic E-state index is 0.161. The van der Waals surface area contributed by atoms with Crippen LogP contribution in [-0.4, -0.2) is 37.2 Å². The maximum absolute atomic E-state index is 11.9. The molecule has 5 nitrogen and oxygen atoms in total. The highest BCUT2D eigenvalue weighted by Crippen LogP contribution is 2.28. The Morgan fingerprint density at radius 2 is 2.04 bits per heavy atom. The Bertz CT molecular complexity index is 491. The smallest absolute Gasteiger partial charge is 0.220 e. The number of rotatable bonds is 6. The molecule has 0 unspecified atom stereocenters. The molecule has 1 aromatic heterocycles. The van der Waals surface area contributed by atoms with E-state index in [1.165, 1.54) is 25.7 Å². The van der Waals surface area contributed by atoms with Gasteiger partial charge in [0.05, 0.1) is 13.2 Å². The molecule has 0 spiro atoms. The molecule has 0 atom stereocenters. The lowest BCUT2D eigenvalue weighted by Gasteiger charge is -2.27. The number of morpholine rings is 1. The molecule has 2 aliphatic rings. The van der Waals surface area contributed by atoms with Gasteiger partial charge in [0.25, 0.3) is 0 Å². The highest BCUT2D eigenvalue weighted by atomic mass is 16.5. The van der Waals surface area contributed by atoms with Gasteiger partial charge in [-0.2, -0.15) is 0 Å². The molecule has 0 aromatic carbocycles. The molecular weight excluding hydrogens is 290 g/mol. The minimum absolute atomic E-state index is 0.161. The molecule has 1 N–H and O–H groups in total. The number of nitrogens with one attached hydrogen (secondary N) is 1. The topological polar surface area (TPSA) is 54.5 Å². The van der Waals surface area contributed by atoms with Crippen molar-refractivity contribution in [2.24, 2.45) is 5.92 Å². The molecule has 3 rings (SSSR count). The summed E-state index contributed by atoms with van der Waals surface area (Å²) in [4.78, 5) is 18.7. The zero-order valence-corrected chi connectivity index (χ0v) is 13.8. The van der Waals surface area contributed by atoms with E-state index in [0.29, 0.717) is 13.0 Å². The zero-order valence-electron chi connectivity index (χ0n) is 13.8. The summed E-state index contributed by atoms with van der Waals surface area (Å²) >= 11 is 0. The highest BCUT2D eigenvalue weighted by molar-refractivity contribution is 5.75. The second kappa shape index (κ2) is 8.29. The van der Waals surface area contributed by atoms with Crippen LogP contribution in [0.25, 0.3) is 0 Å². The van der Waals surface area contributed by atoms with Gasteiger partial charge >= 0.3 is 0 Å². The predicted molar refractivity (Wildman–Crippen MR) is 90.3 cm³/mol. The van der Waals surface area contributed by atoms with Crippen molar-refractivity contribution in [1.29, 1.82) is 0 Å². The first-order valence-electron chi connectivity index (χ1n) is 8.85. The van der Waals surface area contributed by atoms with Crippen LogP contribution in [0.2, 0.25) is 0 Å². The third-order valence-electron chi connectivity index (χ3n) is 4.89. The number of anilines is 1. The summed E-state index contributed by atoms with van der Waals surface area (Å²) in [5.74, 6) is 1.92. The van der Waals surface area contributed by atoms with Crippen LogP contribution in [0.15, 0.2) is 18.3 Å². The molecule has 1 aliphatic heterocycles. The van der Waals surface area contributed by atoms with Crippen molar-refractivity contribution in [3.05, 3.63) is 23.9 Å². The number of carbonyl (C=O) groups is 1. The van der Waals surface area contributed by atoms with Gasteiger partial charge in [-0.3, -0.25) is 4.79 Å². The van der Waals surface area contributed by atoms with Crippen molar-refractivity contribution in [1.82, 2.24) is 10.3 Å². The van der Waals surface area contributed by atoms with E-state index < -0.39 is 0 Å². The average Bonchev–Trinajstić information content (AvgIpc) is 3.13. The summed E-state index contributed by atoms with van der Waals surface area (Å²) in [5.41, 5.74) is 1.05. The van der Waals surface area contributed by atoms with Crippen molar-refractivity contribution in [2.45, 2.75) is 45.1 Å². The summed E-state index contributed by atoms with van der Waals surface area (Å²) in [7, 11) is 0. The molecule has 1 aromatic rings. The fraction of sp³-hybridized carbons (Fsp3) is 0.667. The van der Waals surface area contributed by atoms with E-state index in [9.17, 15) is 4.79 Å². The van der Waals surface area contributed by atoms with Crippen molar-refractivity contribution >= 4 is 11.7 Å². The van der Waals surface area contributed by atoms with Crippen molar-refractivity contribution in [2.75, 3.05) is 31.2 Å². The first-order valence-corrected chi connectivity index (χ1v) is 8.85. The number of nitrogens with zero attached hydrogens (tertiary/aromatic N) is 2. The van der Waals surface area contributed by atoms with Crippen LogP contribution in [0.4, 0.5) is 5.82 Å². The Morgan fingerprint density at radius 3 is 2.74 bits per heavy atom. The van der Waals surface area contributed by atoms with Gasteiger partial charge in [0, 0.05) is 32.3 Å². The molecule has 126 valence electrons. The van der Waals surface area contributed by atoms with Crippen LogP contribution in [-0.2, 0) is 16.1 Å². The van der Waals surface area contributed by atoms with Crippen LogP contribution in [0.3, 0.4) is 0 Å². The third kappa shape index (κ3) is 4.93. The zero-order chi connectivity index (χ0) is 15.9. The van der Waals surface area contributed by atoms with E-state index in [1.54, 1.807) is 0 Å². The molecular formula is C18H27N3O2. The first kappa shape index (κ1) is 16.2. The average molecular weight is 317 g/mol. The van der Waals surface area contributed by atoms with Gasteiger partial charge in [-0.15, -0.1) is 0 Å². The van der Waals surface area contributed by atoms with Crippen LogP contribution < -0.4 is 10.2 Å². The standard InChI is InChI=1S/C18H27N3O2/c22-18(8-6-15-3-1-2-4-15)20-14-16-5-7-17(19-13-16)21-9-11-23-12-10-21/h5,7,13,15H,1-4,6,8-12,14H2,(H,20,22). The normalized spacial score (nSPS) is 19.0. The summed E-state index contributed by atoms with van der Waals surface area (Å²) < 4.78 is 5.35. The van der Waals surface area contributed by atoms with Crippen LogP contribution in [0, 0.1) is 5.92 Å². The number of carbonyl (C=O) groups excluding carboxylic acids is 1. The van der Waals surface area contributed by atoms with Gasteiger partial charge in [0.1, 0.15) is 5.82 Å². The quantitative estimate of drug-likeness (QED) is 0.876. The van der Waals surface area contributed by atoms with E-state index in [-0.39, 0.29) is 5.91 Å². The fourth-order valence-corrected chi connectivity index (χ4v) is 3.42. The number of hydrogen-bond acceptors (Lipinski definition) is 4. The number of ether oxygens (including phenoxy) is 1. The van der Waals surface area contributed by atoms with Crippen molar-refractivity contribution in [3.8, 4) is 0 Å². The molecule has 1 saturated heterocycles. The highest BCUT2D eigenvalue weighted by Gasteiger charge is 2.16. The minimum Gasteiger partial charge on any atom is -0.378 e. The Hall–Kier alpha value is -1.62. The lowest BCUT2D eigenvalue weighted by Crippen LogP contribution is -2.36. The molecule has 2 heterocycles. The number of amides is 1. The van der Waals surface area contributed by atoms with Gasteiger partial charge in [-0.1, -0.05) is 31.7 Å². The maximum atomic E-state index is 11.9. The van der Waals surface area contributed by atoms with Crippen LogP contribution in [0.1, 0.15) is 44.1 Å². The van der Waals surface area contributed by atoms with E-state index in [2.05, 4.69) is 21.3 Å². The fourth-order valence-electron chi connectivity index (χ4n) is 3.42. The van der Waals surface area contributed by atoms with E-state index in [1.807, 2.05) is 12.3 Å².